The molecule has 1 aliphatic carbocycles. The highest BCUT2D eigenvalue weighted by atomic mass is 16.5. The zero-order valence-corrected chi connectivity index (χ0v) is 15.4. The van der Waals surface area contributed by atoms with Crippen molar-refractivity contribution in [2.75, 3.05) is 18.1 Å². The SMILES string of the molecule is C[C@@H]1C=CC[C@@H]2C(=O)N(c3cccc(C(=O)NC[C@H]4CCCO4)c3)C(=O)[C@H]12. The van der Waals surface area contributed by atoms with Crippen molar-refractivity contribution >= 4 is 23.4 Å². The standard InChI is InChI=1S/C21H24N2O4/c1-13-5-2-9-17-18(13)21(26)23(20(17)25)15-7-3-6-14(11-15)19(24)22-12-16-8-4-10-27-16/h2-3,5-7,11,13,16-18H,4,8-10,12H2,1H3,(H,22,24)/t13-,16-,17+,18-/m1/s1. The maximum Gasteiger partial charge on any atom is 0.251 e. The van der Waals surface area contributed by atoms with E-state index in [9.17, 15) is 14.4 Å². The van der Waals surface area contributed by atoms with E-state index in [0.29, 0.717) is 24.2 Å². The molecule has 3 amide bonds. The van der Waals surface area contributed by atoms with Crippen LogP contribution in [-0.4, -0.2) is 37.0 Å². The first kappa shape index (κ1) is 17.9. The zero-order chi connectivity index (χ0) is 19.0. The average Bonchev–Trinajstić information content (AvgIpc) is 3.27. The monoisotopic (exact) mass is 368 g/mol. The third-order valence-corrected chi connectivity index (χ3v) is 5.75. The van der Waals surface area contributed by atoms with Crippen LogP contribution < -0.4 is 10.2 Å². The van der Waals surface area contributed by atoms with Gasteiger partial charge in [0, 0.05) is 18.7 Å². The maximum atomic E-state index is 12.9. The van der Waals surface area contributed by atoms with Crippen molar-refractivity contribution < 1.29 is 19.1 Å². The highest BCUT2D eigenvalue weighted by Crippen LogP contribution is 2.40. The average molecular weight is 368 g/mol. The van der Waals surface area contributed by atoms with Crippen molar-refractivity contribution in [3.63, 3.8) is 0 Å². The maximum absolute atomic E-state index is 12.9. The van der Waals surface area contributed by atoms with Crippen molar-refractivity contribution in [1.82, 2.24) is 5.32 Å². The van der Waals surface area contributed by atoms with Crippen LogP contribution in [0, 0.1) is 17.8 Å². The molecule has 0 spiro atoms. The first-order chi connectivity index (χ1) is 13.1. The van der Waals surface area contributed by atoms with Gasteiger partial charge in [-0.2, -0.15) is 0 Å². The molecule has 0 aromatic heterocycles. The van der Waals surface area contributed by atoms with E-state index in [0.717, 1.165) is 19.4 Å². The second-order valence-electron chi connectivity index (χ2n) is 7.56. The number of hydrogen-bond donors (Lipinski definition) is 1. The summed E-state index contributed by atoms with van der Waals surface area (Å²) in [6, 6.07) is 6.73. The topological polar surface area (TPSA) is 75.7 Å². The van der Waals surface area contributed by atoms with Gasteiger partial charge in [0.25, 0.3) is 5.91 Å². The minimum atomic E-state index is -0.306. The summed E-state index contributed by atoms with van der Waals surface area (Å²) in [4.78, 5) is 39.5. The minimum Gasteiger partial charge on any atom is -0.376 e. The number of nitrogens with zero attached hydrogens (tertiary/aromatic N) is 1. The molecule has 2 heterocycles. The van der Waals surface area contributed by atoms with Gasteiger partial charge in [-0.1, -0.05) is 25.1 Å². The van der Waals surface area contributed by atoms with Crippen LogP contribution in [0.3, 0.4) is 0 Å². The van der Waals surface area contributed by atoms with Gasteiger partial charge in [-0.15, -0.1) is 0 Å². The number of fused-ring (bicyclic) bond motifs is 1. The molecule has 0 saturated carbocycles. The fraction of sp³-hybridized carbons (Fsp3) is 0.476. The second-order valence-corrected chi connectivity index (χ2v) is 7.56. The van der Waals surface area contributed by atoms with Gasteiger partial charge in [-0.05, 0) is 43.4 Å². The van der Waals surface area contributed by atoms with Gasteiger partial charge in [0.1, 0.15) is 0 Å². The van der Waals surface area contributed by atoms with Gasteiger partial charge >= 0.3 is 0 Å². The smallest absolute Gasteiger partial charge is 0.251 e. The lowest BCUT2D eigenvalue weighted by molar-refractivity contribution is -0.122. The van der Waals surface area contributed by atoms with Crippen LogP contribution in [0.2, 0.25) is 0 Å². The molecule has 6 nitrogen and oxygen atoms in total. The summed E-state index contributed by atoms with van der Waals surface area (Å²) in [6.07, 6.45) is 6.62. The van der Waals surface area contributed by atoms with Gasteiger partial charge in [-0.3, -0.25) is 19.3 Å². The fourth-order valence-electron chi connectivity index (χ4n) is 4.30. The van der Waals surface area contributed by atoms with E-state index in [1.165, 1.54) is 4.90 Å². The Labute approximate surface area is 158 Å². The second kappa shape index (κ2) is 7.27. The van der Waals surface area contributed by atoms with Crippen LogP contribution in [0.25, 0.3) is 0 Å². The molecule has 0 radical (unpaired) electrons. The zero-order valence-electron chi connectivity index (χ0n) is 15.4. The van der Waals surface area contributed by atoms with E-state index < -0.39 is 0 Å². The molecule has 27 heavy (non-hydrogen) atoms. The first-order valence-electron chi connectivity index (χ1n) is 9.60. The third kappa shape index (κ3) is 3.30. The molecule has 0 unspecified atom stereocenters. The molecule has 2 fully saturated rings. The lowest BCUT2D eigenvalue weighted by atomic mass is 9.78. The van der Waals surface area contributed by atoms with Crippen LogP contribution in [0.1, 0.15) is 36.5 Å². The van der Waals surface area contributed by atoms with E-state index in [1.807, 2.05) is 19.1 Å². The molecule has 4 atom stereocenters. The summed E-state index contributed by atoms with van der Waals surface area (Å²) in [5.41, 5.74) is 0.906. The Hall–Kier alpha value is -2.47. The number of benzene rings is 1. The van der Waals surface area contributed by atoms with E-state index in [4.69, 9.17) is 4.74 Å². The number of carbonyl (C=O) groups is 3. The number of carbonyl (C=O) groups excluding carboxylic acids is 3. The van der Waals surface area contributed by atoms with Gasteiger partial charge in [0.15, 0.2) is 0 Å². The molecule has 6 heteroatoms. The molecule has 3 aliphatic rings. The normalized spacial score (nSPS) is 29.9. The highest BCUT2D eigenvalue weighted by Gasteiger charge is 2.50. The molecule has 142 valence electrons. The summed E-state index contributed by atoms with van der Waals surface area (Å²) in [5.74, 6) is -1.12. The summed E-state index contributed by atoms with van der Waals surface area (Å²) in [7, 11) is 0. The number of nitrogens with one attached hydrogen (secondary N) is 1. The third-order valence-electron chi connectivity index (χ3n) is 5.75. The summed E-state index contributed by atoms with van der Waals surface area (Å²) < 4.78 is 5.52. The van der Waals surface area contributed by atoms with Crippen molar-refractivity contribution in [1.29, 1.82) is 0 Å². The highest BCUT2D eigenvalue weighted by molar-refractivity contribution is 6.22. The Morgan fingerprint density at radius 3 is 2.89 bits per heavy atom. The van der Waals surface area contributed by atoms with Crippen molar-refractivity contribution in [2.24, 2.45) is 17.8 Å². The largest absolute Gasteiger partial charge is 0.376 e. The number of rotatable bonds is 4. The minimum absolute atomic E-state index is 0.0445. The Bertz CT molecular complexity index is 797. The first-order valence-corrected chi connectivity index (χ1v) is 9.60. The van der Waals surface area contributed by atoms with E-state index in [1.54, 1.807) is 24.3 Å². The molecule has 4 rings (SSSR count). The number of anilines is 1. The van der Waals surface area contributed by atoms with Gasteiger partial charge in [0.2, 0.25) is 11.8 Å². The van der Waals surface area contributed by atoms with Crippen molar-refractivity contribution in [3.05, 3.63) is 42.0 Å². The lowest BCUT2D eigenvalue weighted by Crippen LogP contribution is -2.33. The quantitative estimate of drug-likeness (QED) is 0.654. The van der Waals surface area contributed by atoms with Crippen LogP contribution in [0.5, 0.6) is 0 Å². The number of amides is 3. The Morgan fingerprint density at radius 2 is 2.15 bits per heavy atom. The summed E-state index contributed by atoms with van der Waals surface area (Å²) in [6.45, 7) is 3.18. The van der Waals surface area contributed by atoms with Crippen LogP contribution in [0.4, 0.5) is 5.69 Å². The van der Waals surface area contributed by atoms with Gasteiger partial charge in [0.05, 0.1) is 23.6 Å². The van der Waals surface area contributed by atoms with E-state index >= 15 is 0 Å². The Morgan fingerprint density at radius 1 is 1.30 bits per heavy atom. The number of ether oxygens (including phenoxy) is 1. The molecule has 1 N–H and O–H groups in total. The lowest BCUT2D eigenvalue weighted by Gasteiger charge is -2.22. The van der Waals surface area contributed by atoms with Gasteiger partial charge < -0.3 is 10.1 Å². The number of hydrogen-bond acceptors (Lipinski definition) is 4. The van der Waals surface area contributed by atoms with Gasteiger partial charge in [-0.25, -0.2) is 0 Å². The molecule has 1 aromatic rings. The molecular weight excluding hydrogens is 344 g/mol. The van der Waals surface area contributed by atoms with Crippen LogP contribution in [-0.2, 0) is 14.3 Å². The van der Waals surface area contributed by atoms with E-state index in [2.05, 4.69) is 5.32 Å². The molecule has 2 saturated heterocycles. The Kier molecular flexibility index (Phi) is 4.83. The molecule has 2 aliphatic heterocycles. The predicted molar refractivity (Wildman–Crippen MR) is 100 cm³/mol. The summed E-state index contributed by atoms with van der Waals surface area (Å²) in [5, 5.41) is 2.88. The molecule has 0 bridgehead atoms. The fourth-order valence-corrected chi connectivity index (χ4v) is 4.30. The molecular formula is C21H24N2O4. The predicted octanol–water partition coefficient (Wildman–Crippen LogP) is 2.30. The number of imide groups is 1. The summed E-state index contributed by atoms with van der Waals surface area (Å²) >= 11 is 0. The molecule has 1 aromatic carbocycles. The van der Waals surface area contributed by atoms with Crippen LogP contribution >= 0.6 is 0 Å². The van der Waals surface area contributed by atoms with Crippen molar-refractivity contribution in [3.8, 4) is 0 Å². The van der Waals surface area contributed by atoms with Crippen LogP contribution in [0.15, 0.2) is 36.4 Å². The van der Waals surface area contributed by atoms with Crippen molar-refractivity contribution in [2.45, 2.75) is 32.3 Å². The Balaban J connectivity index is 1.51. The number of allylic oxidation sites excluding steroid dienone is 2. The van der Waals surface area contributed by atoms with E-state index in [-0.39, 0.29) is 41.6 Å².